The minimum absolute atomic E-state index is 0.290. The highest BCUT2D eigenvalue weighted by atomic mass is 32.1. The highest BCUT2D eigenvalue weighted by Crippen LogP contribution is 2.22. The van der Waals surface area contributed by atoms with Crippen molar-refractivity contribution in [2.24, 2.45) is 0 Å². The molecular weight excluding hydrogens is 352 g/mol. The first-order valence-corrected chi connectivity index (χ1v) is 8.82. The van der Waals surface area contributed by atoms with Crippen LogP contribution in [-0.4, -0.2) is 36.5 Å². The topological polar surface area (TPSA) is 85.4 Å². The molecule has 0 radical (unpaired) electrons. The Hall–Kier alpha value is -3.13. The van der Waals surface area contributed by atoms with Gasteiger partial charge in [-0.1, -0.05) is 12.1 Å². The van der Waals surface area contributed by atoms with Crippen molar-refractivity contribution in [1.29, 1.82) is 0 Å². The standard InChI is InChI=1S/C18H18N4O3S/c1-24-14-5-2-4-13(12-14)20-18(23)19-9-10-25-17-8-7-15(21-22-17)16-6-3-11-26-16/h2-8,11-12H,9-10H2,1H3,(H2,19,20,23). The maximum Gasteiger partial charge on any atom is 0.319 e. The van der Waals surface area contributed by atoms with Crippen LogP contribution in [0.3, 0.4) is 0 Å². The summed E-state index contributed by atoms with van der Waals surface area (Å²) in [5.74, 6) is 1.09. The molecule has 0 spiro atoms. The Morgan fingerprint density at radius 2 is 2.08 bits per heavy atom. The van der Waals surface area contributed by atoms with Gasteiger partial charge in [0.05, 0.1) is 18.5 Å². The molecule has 7 nitrogen and oxygen atoms in total. The number of amides is 2. The number of ether oxygens (including phenoxy) is 2. The maximum atomic E-state index is 11.9. The minimum atomic E-state index is -0.319. The Bertz CT molecular complexity index is 838. The Balaban J connectivity index is 1.40. The van der Waals surface area contributed by atoms with Crippen molar-refractivity contribution in [3.05, 3.63) is 53.9 Å². The van der Waals surface area contributed by atoms with Crippen molar-refractivity contribution >= 4 is 23.1 Å². The van der Waals surface area contributed by atoms with Crippen LogP contribution in [0.5, 0.6) is 11.6 Å². The zero-order valence-electron chi connectivity index (χ0n) is 14.1. The molecule has 2 aromatic heterocycles. The highest BCUT2D eigenvalue weighted by molar-refractivity contribution is 7.13. The summed E-state index contributed by atoms with van der Waals surface area (Å²) in [6.07, 6.45) is 0. The Labute approximate surface area is 155 Å². The molecule has 0 saturated heterocycles. The number of methoxy groups -OCH3 is 1. The number of aromatic nitrogens is 2. The second kappa shape index (κ2) is 8.82. The molecule has 1 aromatic carbocycles. The molecule has 0 saturated carbocycles. The first-order chi connectivity index (χ1) is 12.7. The Morgan fingerprint density at radius 1 is 1.15 bits per heavy atom. The number of nitrogens with zero attached hydrogens (tertiary/aromatic N) is 2. The first-order valence-electron chi connectivity index (χ1n) is 7.94. The van der Waals surface area contributed by atoms with Crippen LogP contribution in [-0.2, 0) is 0 Å². The fourth-order valence-corrected chi connectivity index (χ4v) is 2.84. The van der Waals surface area contributed by atoms with Crippen molar-refractivity contribution in [2.75, 3.05) is 25.6 Å². The molecule has 134 valence electrons. The number of urea groups is 1. The van der Waals surface area contributed by atoms with Crippen LogP contribution >= 0.6 is 11.3 Å². The summed E-state index contributed by atoms with van der Waals surface area (Å²) >= 11 is 1.60. The molecular formula is C18H18N4O3S. The maximum absolute atomic E-state index is 11.9. The fourth-order valence-electron chi connectivity index (χ4n) is 2.15. The summed E-state index contributed by atoms with van der Waals surface area (Å²) in [5, 5.41) is 15.6. The predicted molar refractivity (Wildman–Crippen MR) is 101 cm³/mol. The van der Waals surface area contributed by atoms with Crippen molar-refractivity contribution in [3.63, 3.8) is 0 Å². The van der Waals surface area contributed by atoms with Crippen LogP contribution in [0.15, 0.2) is 53.9 Å². The zero-order chi connectivity index (χ0) is 18.2. The number of carbonyl (C=O) groups is 1. The van der Waals surface area contributed by atoms with Crippen LogP contribution < -0.4 is 20.1 Å². The van der Waals surface area contributed by atoms with Crippen molar-refractivity contribution in [1.82, 2.24) is 15.5 Å². The molecule has 3 aromatic rings. The third kappa shape index (κ3) is 4.93. The number of hydrogen-bond donors (Lipinski definition) is 2. The van der Waals surface area contributed by atoms with Gasteiger partial charge in [-0.15, -0.1) is 21.5 Å². The monoisotopic (exact) mass is 370 g/mol. The lowest BCUT2D eigenvalue weighted by atomic mass is 10.3. The second-order valence-corrected chi connectivity index (χ2v) is 6.14. The van der Waals surface area contributed by atoms with E-state index in [9.17, 15) is 4.79 Å². The van der Waals surface area contributed by atoms with E-state index in [0.29, 0.717) is 30.5 Å². The zero-order valence-corrected chi connectivity index (χ0v) is 15.0. The molecule has 0 aliphatic carbocycles. The van der Waals surface area contributed by atoms with Crippen LogP contribution in [0.4, 0.5) is 10.5 Å². The highest BCUT2D eigenvalue weighted by Gasteiger charge is 2.04. The number of nitrogens with one attached hydrogen (secondary N) is 2. The first kappa shape index (κ1) is 17.7. The molecule has 2 heterocycles. The van der Waals surface area contributed by atoms with Crippen LogP contribution in [0, 0.1) is 0 Å². The fraction of sp³-hybridized carbons (Fsp3) is 0.167. The van der Waals surface area contributed by atoms with Crippen LogP contribution in [0.1, 0.15) is 0 Å². The van der Waals surface area contributed by atoms with Crippen LogP contribution in [0.2, 0.25) is 0 Å². The Kier molecular flexibility index (Phi) is 6.00. The number of rotatable bonds is 7. The van der Waals surface area contributed by atoms with Crippen LogP contribution in [0.25, 0.3) is 10.6 Å². The second-order valence-electron chi connectivity index (χ2n) is 5.20. The summed E-state index contributed by atoms with van der Waals surface area (Å²) in [6, 6.07) is 14.4. The van der Waals surface area contributed by atoms with E-state index in [-0.39, 0.29) is 6.03 Å². The van der Waals surface area contributed by atoms with E-state index >= 15 is 0 Å². The smallest absolute Gasteiger partial charge is 0.319 e. The van der Waals surface area contributed by atoms with Gasteiger partial charge in [0.1, 0.15) is 18.1 Å². The summed E-state index contributed by atoms with van der Waals surface area (Å²) in [5.41, 5.74) is 1.46. The molecule has 2 N–H and O–H groups in total. The predicted octanol–water partition coefficient (Wildman–Crippen LogP) is 3.41. The number of benzene rings is 1. The van der Waals surface area contributed by atoms with E-state index in [4.69, 9.17) is 9.47 Å². The molecule has 0 atom stereocenters. The minimum Gasteiger partial charge on any atom is -0.497 e. The molecule has 0 fully saturated rings. The normalized spacial score (nSPS) is 10.2. The van der Waals surface area contributed by atoms with Gasteiger partial charge < -0.3 is 20.1 Å². The molecule has 2 amide bonds. The summed E-state index contributed by atoms with van der Waals surface area (Å²) in [7, 11) is 1.58. The van der Waals surface area contributed by atoms with Crippen molar-refractivity contribution < 1.29 is 14.3 Å². The van der Waals surface area contributed by atoms with Gasteiger partial charge in [-0.05, 0) is 29.6 Å². The molecule has 0 bridgehead atoms. The molecule has 0 aliphatic heterocycles. The van der Waals surface area contributed by atoms with Gasteiger partial charge in [0.25, 0.3) is 0 Å². The molecule has 0 unspecified atom stereocenters. The summed E-state index contributed by atoms with van der Waals surface area (Å²) < 4.78 is 10.6. The quantitative estimate of drug-likeness (QED) is 0.623. The molecule has 0 aliphatic rings. The molecule has 26 heavy (non-hydrogen) atoms. The molecule has 8 heteroatoms. The van der Waals surface area contributed by atoms with Gasteiger partial charge in [-0.2, -0.15) is 0 Å². The SMILES string of the molecule is COc1cccc(NC(=O)NCCOc2ccc(-c3cccs3)nn2)c1. The van der Waals surface area contributed by atoms with Gasteiger partial charge in [0.2, 0.25) is 5.88 Å². The third-order valence-electron chi connectivity index (χ3n) is 3.38. The Morgan fingerprint density at radius 3 is 2.81 bits per heavy atom. The van der Waals surface area contributed by atoms with E-state index in [1.165, 1.54) is 0 Å². The van der Waals surface area contributed by atoms with Gasteiger partial charge >= 0.3 is 6.03 Å². The lowest BCUT2D eigenvalue weighted by molar-refractivity contribution is 0.246. The number of thiophene rings is 1. The number of anilines is 1. The van der Waals surface area contributed by atoms with E-state index in [0.717, 1.165) is 10.6 Å². The van der Waals surface area contributed by atoms with E-state index in [1.807, 2.05) is 29.6 Å². The van der Waals surface area contributed by atoms with Gasteiger partial charge in [-0.3, -0.25) is 0 Å². The van der Waals surface area contributed by atoms with Gasteiger partial charge in [0.15, 0.2) is 0 Å². The lowest BCUT2D eigenvalue weighted by Crippen LogP contribution is -2.32. The van der Waals surface area contributed by atoms with E-state index < -0.39 is 0 Å². The van der Waals surface area contributed by atoms with Crippen molar-refractivity contribution in [3.8, 4) is 22.2 Å². The summed E-state index contributed by atoms with van der Waals surface area (Å²) in [4.78, 5) is 12.9. The van der Waals surface area contributed by atoms with E-state index in [1.54, 1.807) is 42.7 Å². The average molecular weight is 370 g/mol. The van der Waals surface area contributed by atoms with E-state index in [2.05, 4.69) is 20.8 Å². The summed E-state index contributed by atoms with van der Waals surface area (Å²) in [6.45, 7) is 0.628. The lowest BCUT2D eigenvalue weighted by Gasteiger charge is -2.09. The number of hydrogen-bond acceptors (Lipinski definition) is 6. The van der Waals surface area contributed by atoms with Crippen molar-refractivity contribution in [2.45, 2.75) is 0 Å². The molecule has 3 rings (SSSR count). The van der Waals surface area contributed by atoms with Gasteiger partial charge in [-0.25, -0.2) is 4.79 Å². The largest absolute Gasteiger partial charge is 0.497 e. The average Bonchev–Trinajstić information content (AvgIpc) is 3.21. The van der Waals surface area contributed by atoms with Gasteiger partial charge in [0, 0.05) is 17.8 Å². The third-order valence-corrected chi connectivity index (χ3v) is 4.27. The number of carbonyl (C=O) groups excluding carboxylic acids is 1.